The number of nitrogens with zero attached hydrogens (tertiary/aromatic N) is 1. The van der Waals surface area contributed by atoms with Gasteiger partial charge >= 0.3 is 0 Å². The number of aliphatic hydroxyl groups excluding tert-OH is 1. The maximum atomic E-state index is 9.85. The van der Waals surface area contributed by atoms with E-state index in [1.165, 1.54) is 0 Å². The highest BCUT2D eigenvalue weighted by Gasteiger charge is 2.14. The average Bonchev–Trinajstić information content (AvgIpc) is 3.03. The third-order valence-electron chi connectivity index (χ3n) is 3.54. The molecule has 21 heavy (non-hydrogen) atoms. The van der Waals surface area contributed by atoms with E-state index in [0.29, 0.717) is 23.8 Å². The summed E-state index contributed by atoms with van der Waals surface area (Å²) in [5.41, 5.74) is 0.555. The molecule has 1 aliphatic rings. The van der Waals surface area contributed by atoms with Gasteiger partial charge in [-0.15, -0.1) is 0 Å². The van der Waals surface area contributed by atoms with Gasteiger partial charge in [-0.3, -0.25) is 0 Å². The predicted molar refractivity (Wildman–Crippen MR) is 79.1 cm³/mol. The van der Waals surface area contributed by atoms with Crippen molar-refractivity contribution in [3.63, 3.8) is 0 Å². The van der Waals surface area contributed by atoms with Crippen LogP contribution in [0.5, 0.6) is 5.75 Å². The zero-order chi connectivity index (χ0) is 14.9. The largest absolute Gasteiger partial charge is 0.491 e. The topological polar surface area (TPSA) is 74.5 Å². The molecule has 0 aliphatic carbocycles. The van der Waals surface area contributed by atoms with Crippen molar-refractivity contribution in [1.82, 2.24) is 5.32 Å². The van der Waals surface area contributed by atoms with Gasteiger partial charge in [0.2, 0.25) is 0 Å². The Bertz CT molecular complexity index is 467. The van der Waals surface area contributed by atoms with Gasteiger partial charge in [0, 0.05) is 19.8 Å². The Hall–Kier alpha value is -1.61. The molecular formula is C16H22N2O3. The monoisotopic (exact) mass is 290 g/mol. The maximum absolute atomic E-state index is 9.85. The highest BCUT2D eigenvalue weighted by atomic mass is 16.5. The second kappa shape index (κ2) is 8.63. The molecule has 1 heterocycles. The van der Waals surface area contributed by atoms with Crippen molar-refractivity contribution in [2.24, 2.45) is 5.92 Å². The number of aliphatic hydroxyl groups is 1. The minimum Gasteiger partial charge on any atom is -0.491 e. The molecule has 0 bridgehead atoms. The zero-order valence-corrected chi connectivity index (χ0v) is 12.1. The summed E-state index contributed by atoms with van der Waals surface area (Å²) in [4.78, 5) is 0. The van der Waals surface area contributed by atoms with Crippen molar-refractivity contribution in [3.8, 4) is 11.8 Å². The molecule has 2 rings (SSSR count). The average molecular weight is 290 g/mol. The van der Waals surface area contributed by atoms with Gasteiger partial charge in [-0.05, 0) is 43.5 Å². The summed E-state index contributed by atoms with van der Waals surface area (Å²) >= 11 is 0. The molecule has 1 fully saturated rings. The van der Waals surface area contributed by atoms with Crippen LogP contribution < -0.4 is 10.1 Å². The van der Waals surface area contributed by atoms with Gasteiger partial charge in [0.25, 0.3) is 0 Å². The van der Waals surface area contributed by atoms with Crippen LogP contribution in [0, 0.1) is 17.2 Å². The van der Waals surface area contributed by atoms with E-state index in [1.807, 2.05) is 0 Å². The molecular weight excluding hydrogens is 268 g/mol. The number of hydrogen-bond acceptors (Lipinski definition) is 5. The molecule has 1 aliphatic heterocycles. The van der Waals surface area contributed by atoms with Crippen LogP contribution in [0.3, 0.4) is 0 Å². The summed E-state index contributed by atoms with van der Waals surface area (Å²) in [5.74, 6) is 1.26. The molecule has 1 aromatic carbocycles. The molecule has 2 N–H and O–H groups in total. The first-order chi connectivity index (χ1) is 10.3. The standard InChI is InChI=1S/C16H22N2O3/c17-9-14-2-1-3-16(8-14)21-12-15(19)10-18-6-4-13-5-7-20-11-13/h1-3,8,13,15,18-19H,4-7,10-12H2. The SMILES string of the molecule is N#Cc1cccc(OCC(O)CNCCC2CCOC2)c1. The van der Waals surface area contributed by atoms with Crippen LogP contribution in [0.4, 0.5) is 0 Å². The van der Waals surface area contributed by atoms with E-state index in [4.69, 9.17) is 14.7 Å². The van der Waals surface area contributed by atoms with Gasteiger partial charge in [0.05, 0.1) is 11.6 Å². The van der Waals surface area contributed by atoms with E-state index < -0.39 is 6.10 Å². The summed E-state index contributed by atoms with van der Waals surface area (Å²) in [5, 5.41) is 21.9. The lowest BCUT2D eigenvalue weighted by Crippen LogP contribution is -2.32. The van der Waals surface area contributed by atoms with Gasteiger partial charge in [0.1, 0.15) is 18.5 Å². The van der Waals surface area contributed by atoms with Crippen LogP contribution >= 0.6 is 0 Å². The Morgan fingerprint density at radius 1 is 1.52 bits per heavy atom. The van der Waals surface area contributed by atoms with Crippen LogP contribution in [-0.2, 0) is 4.74 Å². The van der Waals surface area contributed by atoms with Gasteiger partial charge in [-0.25, -0.2) is 0 Å². The van der Waals surface area contributed by atoms with E-state index in [2.05, 4.69) is 11.4 Å². The summed E-state index contributed by atoms with van der Waals surface area (Å²) in [6, 6.07) is 8.99. The molecule has 114 valence electrons. The Morgan fingerprint density at radius 3 is 3.19 bits per heavy atom. The smallest absolute Gasteiger partial charge is 0.120 e. The Balaban J connectivity index is 1.58. The van der Waals surface area contributed by atoms with Crippen molar-refractivity contribution in [3.05, 3.63) is 29.8 Å². The Labute approximate surface area is 125 Å². The molecule has 5 heteroatoms. The highest BCUT2D eigenvalue weighted by molar-refractivity contribution is 5.36. The predicted octanol–water partition coefficient (Wildman–Crippen LogP) is 1.31. The molecule has 2 atom stereocenters. The zero-order valence-electron chi connectivity index (χ0n) is 12.1. The lowest BCUT2D eigenvalue weighted by Gasteiger charge is -2.14. The normalized spacial score (nSPS) is 19.1. The van der Waals surface area contributed by atoms with E-state index >= 15 is 0 Å². The van der Waals surface area contributed by atoms with Crippen LogP contribution in [0.2, 0.25) is 0 Å². The second-order valence-corrected chi connectivity index (χ2v) is 5.33. The molecule has 0 spiro atoms. The van der Waals surface area contributed by atoms with Crippen molar-refractivity contribution >= 4 is 0 Å². The third kappa shape index (κ3) is 5.72. The number of benzene rings is 1. The fraction of sp³-hybridized carbons (Fsp3) is 0.562. The van der Waals surface area contributed by atoms with E-state index in [1.54, 1.807) is 24.3 Å². The first-order valence-electron chi connectivity index (χ1n) is 7.37. The number of rotatable bonds is 8. The molecule has 2 unspecified atom stereocenters. The Morgan fingerprint density at radius 2 is 2.43 bits per heavy atom. The highest BCUT2D eigenvalue weighted by Crippen LogP contribution is 2.15. The summed E-state index contributed by atoms with van der Waals surface area (Å²) in [6.45, 7) is 3.35. The summed E-state index contributed by atoms with van der Waals surface area (Å²) in [7, 11) is 0. The molecule has 1 saturated heterocycles. The molecule has 0 amide bonds. The van der Waals surface area contributed by atoms with Crippen molar-refractivity contribution < 1.29 is 14.6 Å². The van der Waals surface area contributed by atoms with Gasteiger partial charge in [0.15, 0.2) is 0 Å². The molecule has 0 radical (unpaired) electrons. The quantitative estimate of drug-likeness (QED) is 0.706. The van der Waals surface area contributed by atoms with Crippen LogP contribution in [0.15, 0.2) is 24.3 Å². The van der Waals surface area contributed by atoms with E-state index in [-0.39, 0.29) is 6.61 Å². The molecule has 0 saturated carbocycles. The first kappa shape index (κ1) is 15.8. The number of hydrogen-bond donors (Lipinski definition) is 2. The van der Waals surface area contributed by atoms with Crippen LogP contribution in [-0.4, -0.2) is 44.1 Å². The van der Waals surface area contributed by atoms with Crippen molar-refractivity contribution in [1.29, 1.82) is 5.26 Å². The lowest BCUT2D eigenvalue weighted by molar-refractivity contribution is 0.106. The first-order valence-corrected chi connectivity index (χ1v) is 7.37. The fourth-order valence-corrected chi connectivity index (χ4v) is 2.29. The number of ether oxygens (including phenoxy) is 2. The number of nitrogens with one attached hydrogen (secondary N) is 1. The van der Waals surface area contributed by atoms with Gasteiger partial charge in [-0.2, -0.15) is 5.26 Å². The van der Waals surface area contributed by atoms with Crippen LogP contribution in [0.1, 0.15) is 18.4 Å². The maximum Gasteiger partial charge on any atom is 0.120 e. The third-order valence-corrected chi connectivity index (χ3v) is 3.54. The summed E-state index contributed by atoms with van der Waals surface area (Å²) < 4.78 is 10.8. The second-order valence-electron chi connectivity index (χ2n) is 5.33. The lowest BCUT2D eigenvalue weighted by atomic mass is 10.1. The van der Waals surface area contributed by atoms with Crippen molar-refractivity contribution in [2.75, 3.05) is 32.9 Å². The minimum absolute atomic E-state index is 0.217. The summed E-state index contributed by atoms with van der Waals surface area (Å²) in [6.07, 6.45) is 1.66. The van der Waals surface area contributed by atoms with Crippen molar-refractivity contribution in [2.45, 2.75) is 18.9 Å². The van der Waals surface area contributed by atoms with Crippen LogP contribution in [0.25, 0.3) is 0 Å². The molecule has 5 nitrogen and oxygen atoms in total. The van der Waals surface area contributed by atoms with Gasteiger partial charge < -0.3 is 19.9 Å². The molecule has 1 aromatic rings. The molecule has 0 aromatic heterocycles. The van der Waals surface area contributed by atoms with E-state index in [0.717, 1.165) is 32.6 Å². The fourth-order valence-electron chi connectivity index (χ4n) is 2.29. The van der Waals surface area contributed by atoms with E-state index in [9.17, 15) is 5.11 Å². The number of nitriles is 1. The Kier molecular flexibility index (Phi) is 6.48. The van der Waals surface area contributed by atoms with Gasteiger partial charge in [-0.1, -0.05) is 6.07 Å². The minimum atomic E-state index is -0.560.